The summed E-state index contributed by atoms with van der Waals surface area (Å²) in [4.78, 5) is 14.0. The molecule has 2 fully saturated rings. The number of nitrogens with zero attached hydrogens (tertiary/aromatic N) is 1. The molecule has 1 aliphatic carbocycles. The molecule has 2 nitrogen and oxygen atoms in total. The number of Topliss-reactive ketones (excluding diaryl/α,β-unsaturated/α-hetero) is 1. The standard InChI is InChI=1S/C10H17NO/c1-11-7-5-10(6-8-11)4-2-3-9(10)12/h2-8H2,1H3. The quantitative estimate of drug-likeness (QED) is 0.544. The first-order chi connectivity index (χ1) is 5.73. The van der Waals surface area contributed by atoms with Gasteiger partial charge in [0.2, 0.25) is 0 Å². The van der Waals surface area contributed by atoms with Crippen LogP contribution < -0.4 is 0 Å². The van der Waals surface area contributed by atoms with Crippen molar-refractivity contribution in [1.29, 1.82) is 0 Å². The number of piperidine rings is 1. The molecular weight excluding hydrogens is 150 g/mol. The summed E-state index contributed by atoms with van der Waals surface area (Å²) in [7, 11) is 2.15. The van der Waals surface area contributed by atoms with Crippen LogP contribution in [0.2, 0.25) is 0 Å². The van der Waals surface area contributed by atoms with Gasteiger partial charge in [0.15, 0.2) is 0 Å². The SMILES string of the molecule is CN1CCC2(CCCC2=O)CC1. The predicted molar refractivity (Wildman–Crippen MR) is 48.0 cm³/mol. The third-order valence-corrected chi connectivity index (χ3v) is 3.59. The van der Waals surface area contributed by atoms with E-state index >= 15 is 0 Å². The monoisotopic (exact) mass is 167 g/mol. The molecule has 0 atom stereocenters. The summed E-state index contributed by atoms with van der Waals surface area (Å²) in [6.45, 7) is 2.23. The normalized spacial score (nSPS) is 29.9. The van der Waals surface area contributed by atoms with Crippen LogP contribution >= 0.6 is 0 Å². The second-order valence-corrected chi connectivity index (χ2v) is 4.36. The van der Waals surface area contributed by atoms with Crippen molar-refractivity contribution in [3.05, 3.63) is 0 Å². The van der Waals surface area contributed by atoms with Crippen molar-refractivity contribution >= 4 is 5.78 Å². The summed E-state index contributed by atoms with van der Waals surface area (Å²) in [5.74, 6) is 0.551. The molecule has 2 heteroatoms. The summed E-state index contributed by atoms with van der Waals surface area (Å²) < 4.78 is 0. The largest absolute Gasteiger partial charge is 0.306 e. The minimum atomic E-state index is 0.131. The topological polar surface area (TPSA) is 20.3 Å². The van der Waals surface area contributed by atoms with Crippen LogP contribution in [-0.4, -0.2) is 30.8 Å². The first kappa shape index (κ1) is 8.24. The Labute approximate surface area is 73.9 Å². The lowest BCUT2D eigenvalue weighted by Gasteiger charge is -2.36. The third-order valence-electron chi connectivity index (χ3n) is 3.59. The van der Waals surface area contributed by atoms with Gasteiger partial charge in [0.05, 0.1) is 0 Å². The zero-order chi connectivity index (χ0) is 8.60. The van der Waals surface area contributed by atoms with Crippen LogP contribution in [0, 0.1) is 5.41 Å². The van der Waals surface area contributed by atoms with Crippen molar-refractivity contribution in [3.63, 3.8) is 0 Å². The van der Waals surface area contributed by atoms with E-state index in [1.165, 1.54) is 6.42 Å². The van der Waals surface area contributed by atoms with Crippen molar-refractivity contribution in [1.82, 2.24) is 4.90 Å². The van der Waals surface area contributed by atoms with Gasteiger partial charge in [-0.3, -0.25) is 4.79 Å². The third kappa shape index (κ3) is 1.18. The second kappa shape index (κ2) is 2.84. The number of carbonyl (C=O) groups is 1. The van der Waals surface area contributed by atoms with Crippen molar-refractivity contribution in [2.45, 2.75) is 32.1 Å². The van der Waals surface area contributed by atoms with Crippen molar-refractivity contribution in [2.24, 2.45) is 5.41 Å². The van der Waals surface area contributed by atoms with E-state index in [-0.39, 0.29) is 5.41 Å². The highest BCUT2D eigenvalue weighted by Gasteiger charge is 2.43. The molecule has 0 aromatic rings. The molecule has 1 saturated carbocycles. The molecule has 1 saturated heterocycles. The smallest absolute Gasteiger partial charge is 0.139 e. The number of rotatable bonds is 0. The van der Waals surface area contributed by atoms with E-state index in [0.717, 1.165) is 38.8 Å². The van der Waals surface area contributed by atoms with E-state index in [1.807, 2.05) is 0 Å². The zero-order valence-corrected chi connectivity index (χ0v) is 7.81. The lowest BCUT2D eigenvalue weighted by molar-refractivity contribution is -0.128. The van der Waals surface area contributed by atoms with Gasteiger partial charge in [0.25, 0.3) is 0 Å². The van der Waals surface area contributed by atoms with E-state index in [0.29, 0.717) is 5.78 Å². The lowest BCUT2D eigenvalue weighted by atomic mass is 9.76. The van der Waals surface area contributed by atoms with E-state index in [4.69, 9.17) is 0 Å². The van der Waals surface area contributed by atoms with Crippen LogP contribution in [0.25, 0.3) is 0 Å². The lowest BCUT2D eigenvalue weighted by Crippen LogP contribution is -2.40. The highest BCUT2D eigenvalue weighted by molar-refractivity contribution is 5.86. The maximum absolute atomic E-state index is 11.6. The maximum Gasteiger partial charge on any atom is 0.139 e. The fraction of sp³-hybridized carbons (Fsp3) is 0.900. The Morgan fingerprint density at radius 3 is 2.42 bits per heavy atom. The molecular formula is C10H17NO. The molecule has 1 spiro atoms. The Bertz CT molecular complexity index is 192. The van der Waals surface area contributed by atoms with Gasteiger partial charge in [-0.15, -0.1) is 0 Å². The molecule has 2 rings (SSSR count). The molecule has 12 heavy (non-hydrogen) atoms. The summed E-state index contributed by atoms with van der Waals surface area (Å²) in [5, 5.41) is 0. The Hall–Kier alpha value is -0.370. The van der Waals surface area contributed by atoms with Gasteiger partial charge >= 0.3 is 0 Å². The van der Waals surface area contributed by atoms with Gasteiger partial charge in [-0.2, -0.15) is 0 Å². The van der Waals surface area contributed by atoms with Gasteiger partial charge in [-0.25, -0.2) is 0 Å². The van der Waals surface area contributed by atoms with Gasteiger partial charge in [0.1, 0.15) is 5.78 Å². The van der Waals surface area contributed by atoms with Crippen LogP contribution in [0.5, 0.6) is 0 Å². The first-order valence-corrected chi connectivity index (χ1v) is 4.95. The van der Waals surface area contributed by atoms with Gasteiger partial charge in [-0.1, -0.05) is 0 Å². The molecule has 0 bridgehead atoms. The maximum atomic E-state index is 11.6. The van der Waals surface area contributed by atoms with E-state index < -0.39 is 0 Å². The van der Waals surface area contributed by atoms with Crippen LogP contribution in [-0.2, 0) is 4.79 Å². The van der Waals surface area contributed by atoms with Crippen LogP contribution in [0.1, 0.15) is 32.1 Å². The Morgan fingerprint density at radius 2 is 1.92 bits per heavy atom. The van der Waals surface area contributed by atoms with Gasteiger partial charge < -0.3 is 4.90 Å². The van der Waals surface area contributed by atoms with Gasteiger partial charge in [0, 0.05) is 11.8 Å². The molecule has 1 aliphatic heterocycles. The second-order valence-electron chi connectivity index (χ2n) is 4.36. The van der Waals surface area contributed by atoms with Crippen LogP contribution in [0.4, 0.5) is 0 Å². The summed E-state index contributed by atoms with van der Waals surface area (Å²) in [5.41, 5.74) is 0.131. The van der Waals surface area contributed by atoms with Crippen molar-refractivity contribution < 1.29 is 4.79 Å². The van der Waals surface area contributed by atoms with Crippen LogP contribution in [0.3, 0.4) is 0 Å². The Morgan fingerprint density at radius 1 is 1.25 bits per heavy atom. The summed E-state index contributed by atoms with van der Waals surface area (Å²) in [6.07, 6.45) is 5.39. The van der Waals surface area contributed by atoms with Crippen molar-refractivity contribution in [3.8, 4) is 0 Å². The first-order valence-electron chi connectivity index (χ1n) is 4.95. The minimum absolute atomic E-state index is 0.131. The number of hydrogen-bond donors (Lipinski definition) is 0. The average molecular weight is 167 g/mol. The Balaban J connectivity index is 2.07. The number of likely N-dealkylation sites (tertiary alicyclic amines) is 1. The molecule has 1 heterocycles. The number of ketones is 1. The predicted octanol–water partition coefficient (Wildman–Crippen LogP) is 1.45. The fourth-order valence-corrected chi connectivity index (χ4v) is 2.57. The Kier molecular flexibility index (Phi) is 1.95. The van der Waals surface area contributed by atoms with Crippen molar-refractivity contribution in [2.75, 3.05) is 20.1 Å². The molecule has 0 amide bonds. The molecule has 0 aromatic carbocycles. The fourth-order valence-electron chi connectivity index (χ4n) is 2.57. The molecule has 68 valence electrons. The van der Waals surface area contributed by atoms with E-state index in [1.54, 1.807) is 0 Å². The van der Waals surface area contributed by atoms with Crippen LogP contribution in [0.15, 0.2) is 0 Å². The molecule has 2 aliphatic rings. The zero-order valence-electron chi connectivity index (χ0n) is 7.81. The van der Waals surface area contributed by atoms with E-state index in [9.17, 15) is 4.79 Å². The molecule has 0 aromatic heterocycles. The number of hydrogen-bond acceptors (Lipinski definition) is 2. The minimum Gasteiger partial charge on any atom is -0.306 e. The number of carbonyl (C=O) groups excluding carboxylic acids is 1. The average Bonchev–Trinajstić information content (AvgIpc) is 2.41. The highest BCUT2D eigenvalue weighted by Crippen LogP contribution is 2.43. The van der Waals surface area contributed by atoms with Gasteiger partial charge in [-0.05, 0) is 45.8 Å². The molecule has 0 radical (unpaired) electrons. The van der Waals surface area contributed by atoms with E-state index in [2.05, 4.69) is 11.9 Å². The summed E-state index contributed by atoms with van der Waals surface area (Å²) >= 11 is 0. The summed E-state index contributed by atoms with van der Waals surface area (Å²) in [6, 6.07) is 0. The molecule has 0 unspecified atom stereocenters. The highest BCUT2D eigenvalue weighted by atomic mass is 16.1. The molecule has 0 N–H and O–H groups in total.